The van der Waals surface area contributed by atoms with Crippen molar-refractivity contribution < 1.29 is 9.53 Å². The van der Waals surface area contributed by atoms with Crippen LogP contribution in [-0.4, -0.2) is 49.9 Å². The molecule has 4 rings (SSSR count). The molecule has 9 heteroatoms. The number of amides is 1. The summed E-state index contributed by atoms with van der Waals surface area (Å²) in [7, 11) is 0. The van der Waals surface area contributed by atoms with Crippen molar-refractivity contribution in [3.05, 3.63) is 66.7 Å². The molecule has 1 fully saturated rings. The molecule has 3 heterocycles. The Hall–Kier alpha value is -3.52. The lowest BCUT2D eigenvalue weighted by molar-refractivity contribution is -0.129. The van der Waals surface area contributed by atoms with E-state index in [1.165, 1.54) is 6.08 Å². The monoisotopic (exact) mass is 408 g/mol. The van der Waals surface area contributed by atoms with Crippen molar-refractivity contribution in [3.8, 4) is 23.0 Å². The maximum Gasteiger partial charge on any atom is 0.321 e. The van der Waals surface area contributed by atoms with Crippen LogP contribution in [0.5, 0.6) is 11.8 Å². The fraction of sp³-hybridized carbons (Fsp3) is 0.150. The number of carbonyl (C=O) groups excluding carboxylic acids is 1. The van der Waals surface area contributed by atoms with E-state index in [2.05, 4.69) is 31.8 Å². The third-order valence-corrected chi connectivity index (χ3v) is 4.52. The molecule has 0 spiro atoms. The molecule has 1 amide bonds. The van der Waals surface area contributed by atoms with Crippen LogP contribution in [0.15, 0.2) is 61.7 Å². The number of nitrogens with one attached hydrogen (secondary N) is 1. The van der Waals surface area contributed by atoms with Crippen molar-refractivity contribution in [1.29, 1.82) is 0 Å². The molecule has 29 heavy (non-hydrogen) atoms. The molecule has 0 radical (unpaired) electrons. The number of hydrogen-bond acceptors (Lipinski definition) is 7. The summed E-state index contributed by atoms with van der Waals surface area (Å²) in [5.74, 6) is 1.11. The Morgan fingerprint density at radius 2 is 2.03 bits per heavy atom. The van der Waals surface area contributed by atoms with E-state index in [-0.39, 0.29) is 18.0 Å². The molecule has 8 nitrogen and oxygen atoms in total. The Morgan fingerprint density at radius 1 is 1.24 bits per heavy atom. The molecule has 2 aromatic heterocycles. The van der Waals surface area contributed by atoms with Crippen LogP contribution >= 0.6 is 11.6 Å². The van der Waals surface area contributed by atoms with Gasteiger partial charge in [0.2, 0.25) is 5.91 Å². The van der Waals surface area contributed by atoms with Crippen LogP contribution in [0.3, 0.4) is 0 Å². The van der Waals surface area contributed by atoms with Crippen molar-refractivity contribution in [3.63, 3.8) is 0 Å². The summed E-state index contributed by atoms with van der Waals surface area (Å²) in [6.45, 7) is 4.70. The van der Waals surface area contributed by atoms with Gasteiger partial charge in [0.05, 0.1) is 24.1 Å². The van der Waals surface area contributed by atoms with Gasteiger partial charge in [-0.2, -0.15) is 0 Å². The van der Waals surface area contributed by atoms with Crippen LogP contribution in [-0.2, 0) is 4.79 Å². The Bertz CT molecular complexity index is 1040. The fourth-order valence-corrected chi connectivity index (χ4v) is 2.98. The zero-order valence-corrected chi connectivity index (χ0v) is 16.1. The van der Waals surface area contributed by atoms with Gasteiger partial charge in [0.1, 0.15) is 11.6 Å². The lowest BCUT2D eigenvalue weighted by Gasteiger charge is -2.39. The van der Waals surface area contributed by atoms with E-state index in [1.54, 1.807) is 54.0 Å². The molecule has 1 saturated heterocycles. The largest absolute Gasteiger partial charge is 0.424 e. The molecule has 1 aliphatic rings. The van der Waals surface area contributed by atoms with Gasteiger partial charge in [-0.1, -0.05) is 24.2 Å². The highest BCUT2D eigenvalue weighted by atomic mass is 35.5. The molecule has 1 aliphatic heterocycles. The first kappa shape index (κ1) is 18.8. The smallest absolute Gasteiger partial charge is 0.321 e. The SMILES string of the molecule is C=CC(=O)N1CC(Nc2cncc(-c3cnc(Oc4cccc(Cl)c4)nc3)n2)C1. The number of likely N-dealkylation sites (tertiary alicyclic amines) is 1. The minimum atomic E-state index is -0.0693. The number of nitrogens with zero attached hydrogens (tertiary/aromatic N) is 5. The number of halogens is 1. The average molecular weight is 409 g/mol. The summed E-state index contributed by atoms with van der Waals surface area (Å²) >= 11 is 5.95. The van der Waals surface area contributed by atoms with Gasteiger partial charge in [-0.05, 0) is 24.3 Å². The van der Waals surface area contributed by atoms with Gasteiger partial charge in [-0.15, -0.1) is 0 Å². The van der Waals surface area contributed by atoms with E-state index >= 15 is 0 Å². The van der Waals surface area contributed by atoms with E-state index in [9.17, 15) is 4.79 Å². The first-order chi connectivity index (χ1) is 14.1. The molecular weight excluding hydrogens is 392 g/mol. The highest BCUT2D eigenvalue weighted by Crippen LogP contribution is 2.23. The predicted molar refractivity (Wildman–Crippen MR) is 109 cm³/mol. The lowest BCUT2D eigenvalue weighted by Crippen LogP contribution is -2.56. The summed E-state index contributed by atoms with van der Waals surface area (Å²) in [5.41, 5.74) is 1.33. The van der Waals surface area contributed by atoms with Gasteiger partial charge >= 0.3 is 6.01 Å². The van der Waals surface area contributed by atoms with Crippen molar-refractivity contribution in [2.45, 2.75) is 6.04 Å². The third kappa shape index (κ3) is 4.49. The first-order valence-corrected chi connectivity index (χ1v) is 9.24. The van der Waals surface area contributed by atoms with Crippen LogP contribution in [0.25, 0.3) is 11.3 Å². The van der Waals surface area contributed by atoms with Crippen molar-refractivity contribution in [2.75, 3.05) is 18.4 Å². The molecule has 0 aliphatic carbocycles. The van der Waals surface area contributed by atoms with Crippen LogP contribution in [0.2, 0.25) is 5.02 Å². The highest BCUT2D eigenvalue weighted by molar-refractivity contribution is 6.30. The maximum atomic E-state index is 11.5. The molecule has 0 bridgehead atoms. The Labute approximate surface area is 172 Å². The zero-order valence-electron chi connectivity index (χ0n) is 15.3. The molecule has 0 saturated carbocycles. The van der Waals surface area contributed by atoms with Crippen molar-refractivity contribution >= 4 is 23.3 Å². The lowest BCUT2D eigenvalue weighted by atomic mass is 10.1. The van der Waals surface area contributed by atoms with Crippen LogP contribution in [0.4, 0.5) is 5.82 Å². The molecule has 146 valence electrons. The van der Waals surface area contributed by atoms with Gasteiger partial charge in [0, 0.05) is 36.1 Å². The summed E-state index contributed by atoms with van der Waals surface area (Å²) in [6, 6.07) is 7.34. The van der Waals surface area contributed by atoms with Gasteiger partial charge in [0.25, 0.3) is 0 Å². The second-order valence-corrected chi connectivity index (χ2v) is 6.83. The minimum Gasteiger partial charge on any atom is -0.424 e. The Balaban J connectivity index is 1.40. The van der Waals surface area contributed by atoms with Gasteiger partial charge < -0.3 is 15.0 Å². The Kier molecular flexibility index (Phi) is 5.35. The normalized spacial score (nSPS) is 13.5. The molecular formula is C20H17ClN6O2. The van der Waals surface area contributed by atoms with Gasteiger partial charge in [-0.3, -0.25) is 9.78 Å². The van der Waals surface area contributed by atoms with Crippen LogP contribution in [0, 0.1) is 0 Å². The van der Waals surface area contributed by atoms with Crippen LogP contribution in [0.1, 0.15) is 0 Å². The second kappa shape index (κ2) is 8.24. The molecule has 1 N–H and O–H groups in total. The topological polar surface area (TPSA) is 93.1 Å². The summed E-state index contributed by atoms with van der Waals surface area (Å²) in [6.07, 6.45) is 7.83. The average Bonchev–Trinajstić information content (AvgIpc) is 2.71. The number of benzene rings is 1. The van der Waals surface area contributed by atoms with Crippen molar-refractivity contribution in [2.24, 2.45) is 0 Å². The van der Waals surface area contributed by atoms with E-state index in [0.717, 1.165) is 0 Å². The molecule has 0 unspecified atom stereocenters. The quantitative estimate of drug-likeness (QED) is 0.626. The maximum absolute atomic E-state index is 11.5. The summed E-state index contributed by atoms with van der Waals surface area (Å²) in [4.78, 5) is 30.4. The van der Waals surface area contributed by atoms with Gasteiger partial charge in [-0.25, -0.2) is 15.0 Å². The van der Waals surface area contributed by atoms with E-state index in [4.69, 9.17) is 16.3 Å². The van der Waals surface area contributed by atoms with E-state index in [0.29, 0.717) is 40.9 Å². The molecule has 1 aromatic carbocycles. The number of ether oxygens (including phenoxy) is 1. The predicted octanol–water partition coefficient (Wildman–Crippen LogP) is 3.19. The number of rotatable bonds is 6. The molecule has 3 aromatic rings. The fourth-order valence-electron chi connectivity index (χ4n) is 2.80. The summed E-state index contributed by atoms with van der Waals surface area (Å²) in [5, 5.41) is 3.84. The third-order valence-electron chi connectivity index (χ3n) is 4.28. The van der Waals surface area contributed by atoms with Gasteiger partial charge in [0.15, 0.2) is 0 Å². The first-order valence-electron chi connectivity index (χ1n) is 8.86. The number of aromatic nitrogens is 4. The zero-order chi connectivity index (χ0) is 20.2. The standard InChI is InChI=1S/C20H17ClN6O2/c1-2-19(28)27-11-15(12-27)25-18-10-22-9-17(26-18)13-7-23-20(24-8-13)29-16-5-3-4-14(21)6-16/h2-10,15H,1,11-12H2,(H,25,26). The van der Waals surface area contributed by atoms with E-state index < -0.39 is 0 Å². The summed E-state index contributed by atoms with van der Waals surface area (Å²) < 4.78 is 5.59. The minimum absolute atomic E-state index is 0.0693. The number of hydrogen-bond donors (Lipinski definition) is 1. The number of carbonyl (C=O) groups is 1. The molecule has 0 atom stereocenters. The second-order valence-electron chi connectivity index (χ2n) is 6.39. The van der Waals surface area contributed by atoms with Crippen molar-refractivity contribution in [1.82, 2.24) is 24.8 Å². The Morgan fingerprint density at radius 3 is 2.76 bits per heavy atom. The highest BCUT2D eigenvalue weighted by Gasteiger charge is 2.29. The number of anilines is 1. The van der Waals surface area contributed by atoms with Crippen LogP contribution < -0.4 is 10.1 Å². The van der Waals surface area contributed by atoms with E-state index in [1.807, 2.05) is 0 Å².